The Bertz CT molecular complexity index is 406. The van der Waals surface area contributed by atoms with Gasteiger partial charge in [-0.15, -0.1) is 0 Å². The van der Waals surface area contributed by atoms with Gasteiger partial charge in [0.1, 0.15) is 0 Å². The van der Waals surface area contributed by atoms with Crippen molar-refractivity contribution in [1.29, 1.82) is 0 Å². The molecule has 0 spiro atoms. The Morgan fingerprint density at radius 2 is 1.90 bits per heavy atom. The molecule has 2 unspecified atom stereocenters. The summed E-state index contributed by atoms with van der Waals surface area (Å²) in [7, 11) is -2.76. The van der Waals surface area contributed by atoms with Crippen molar-refractivity contribution in [2.24, 2.45) is 11.3 Å². The minimum absolute atomic E-state index is 0.342. The van der Waals surface area contributed by atoms with Gasteiger partial charge in [-0.25, -0.2) is 8.42 Å². The molecule has 0 radical (unpaired) electrons. The molecule has 118 valence electrons. The highest BCUT2D eigenvalue weighted by molar-refractivity contribution is 7.91. The van der Waals surface area contributed by atoms with Crippen LogP contribution in [0.1, 0.15) is 40.0 Å². The lowest BCUT2D eigenvalue weighted by atomic mass is 9.69. The molecule has 2 fully saturated rings. The van der Waals surface area contributed by atoms with E-state index in [1.165, 1.54) is 19.3 Å². The summed E-state index contributed by atoms with van der Waals surface area (Å²) in [4.78, 5) is 2.36. The molecule has 0 aromatic carbocycles. The molecule has 2 rings (SSSR count). The Labute approximate surface area is 124 Å². The second-order valence-electron chi connectivity index (χ2n) is 7.28. The Morgan fingerprint density at radius 1 is 1.25 bits per heavy atom. The normalized spacial score (nSPS) is 34.0. The van der Waals surface area contributed by atoms with E-state index in [1.54, 1.807) is 0 Å². The van der Waals surface area contributed by atoms with Crippen LogP contribution in [0.3, 0.4) is 0 Å². The molecule has 1 saturated heterocycles. The van der Waals surface area contributed by atoms with Crippen LogP contribution in [0.5, 0.6) is 0 Å². The fourth-order valence-corrected chi connectivity index (χ4v) is 5.00. The van der Waals surface area contributed by atoms with Gasteiger partial charge in [-0.3, -0.25) is 0 Å². The van der Waals surface area contributed by atoms with Crippen LogP contribution in [0, 0.1) is 11.3 Å². The first-order valence-electron chi connectivity index (χ1n) is 7.97. The minimum Gasteiger partial charge on any atom is -0.314 e. The molecule has 1 N–H and O–H groups in total. The summed E-state index contributed by atoms with van der Waals surface area (Å²) in [6, 6.07) is 0.603. The van der Waals surface area contributed by atoms with Gasteiger partial charge in [0.15, 0.2) is 9.84 Å². The van der Waals surface area contributed by atoms with E-state index in [4.69, 9.17) is 0 Å². The van der Waals surface area contributed by atoms with Gasteiger partial charge in [0, 0.05) is 25.7 Å². The number of hydrogen-bond acceptors (Lipinski definition) is 4. The van der Waals surface area contributed by atoms with Gasteiger partial charge in [-0.05, 0) is 37.1 Å². The maximum Gasteiger partial charge on any atom is 0.152 e. The molecule has 1 heterocycles. The molecule has 4 nitrogen and oxygen atoms in total. The van der Waals surface area contributed by atoms with Crippen molar-refractivity contribution in [3.05, 3.63) is 0 Å². The first kappa shape index (κ1) is 16.2. The van der Waals surface area contributed by atoms with Crippen LogP contribution in [0.25, 0.3) is 0 Å². The lowest BCUT2D eigenvalue weighted by molar-refractivity contribution is 0.104. The van der Waals surface area contributed by atoms with E-state index >= 15 is 0 Å². The van der Waals surface area contributed by atoms with Gasteiger partial charge < -0.3 is 10.2 Å². The number of nitrogens with one attached hydrogen (secondary N) is 1. The molecule has 1 aliphatic heterocycles. The zero-order valence-electron chi connectivity index (χ0n) is 13.2. The van der Waals surface area contributed by atoms with E-state index in [1.807, 2.05) is 0 Å². The summed E-state index contributed by atoms with van der Waals surface area (Å²) in [6.07, 6.45) is 3.78. The first-order chi connectivity index (χ1) is 9.31. The lowest BCUT2D eigenvalue weighted by Gasteiger charge is -2.43. The zero-order chi connectivity index (χ0) is 14.8. The zero-order valence-corrected chi connectivity index (χ0v) is 14.0. The second kappa shape index (κ2) is 6.32. The molecule has 0 amide bonds. The van der Waals surface area contributed by atoms with Crippen LogP contribution in [0.4, 0.5) is 0 Å². The van der Waals surface area contributed by atoms with E-state index < -0.39 is 9.84 Å². The molecule has 20 heavy (non-hydrogen) atoms. The van der Waals surface area contributed by atoms with Gasteiger partial charge in [-0.1, -0.05) is 20.8 Å². The molecule has 1 saturated carbocycles. The molecule has 5 heteroatoms. The third-order valence-corrected chi connectivity index (χ3v) is 6.52. The van der Waals surface area contributed by atoms with E-state index in [0.29, 0.717) is 28.9 Å². The highest BCUT2D eigenvalue weighted by Gasteiger charge is 2.36. The van der Waals surface area contributed by atoms with Crippen LogP contribution >= 0.6 is 0 Å². The number of rotatable bonds is 4. The average Bonchev–Trinajstić information content (AvgIpc) is 2.35. The monoisotopic (exact) mass is 302 g/mol. The molecule has 0 bridgehead atoms. The van der Waals surface area contributed by atoms with Crippen LogP contribution in [-0.4, -0.2) is 57.0 Å². The number of hydrogen-bond donors (Lipinski definition) is 1. The Morgan fingerprint density at radius 3 is 2.50 bits per heavy atom. The highest BCUT2D eigenvalue weighted by Crippen LogP contribution is 2.39. The fourth-order valence-electron chi connectivity index (χ4n) is 3.72. The molecule has 2 aliphatic rings. The molecular formula is C15H30N2O2S. The topological polar surface area (TPSA) is 49.4 Å². The highest BCUT2D eigenvalue weighted by atomic mass is 32.2. The van der Waals surface area contributed by atoms with Gasteiger partial charge in [0.25, 0.3) is 0 Å². The summed E-state index contributed by atoms with van der Waals surface area (Å²) in [5.41, 5.74) is 0.429. The molecule has 1 aliphatic carbocycles. The van der Waals surface area contributed by atoms with Gasteiger partial charge in [0.05, 0.1) is 11.5 Å². The Balaban J connectivity index is 1.93. The molecule has 0 aromatic heterocycles. The third kappa shape index (κ3) is 4.43. The summed E-state index contributed by atoms with van der Waals surface area (Å²) in [5, 5.41) is 3.63. The summed E-state index contributed by atoms with van der Waals surface area (Å²) in [5.74, 6) is 1.34. The molecular weight excluding hydrogens is 272 g/mol. The van der Waals surface area contributed by atoms with Crippen molar-refractivity contribution in [1.82, 2.24) is 10.2 Å². The number of nitrogens with zero attached hydrogens (tertiary/aromatic N) is 1. The Kier molecular flexibility index (Phi) is 5.14. The van der Waals surface area contributed by atoms with E-state index in [9.17, 15) is 8.42 Å². The van der Waals surface area contributed by atoms with Crippen molar-refractivity contribution in [3.63, 3.8) is 0 Å². The van der Waals surface area contributed by atoms with Gasteiger partial charge in [0.2, 0.25) is 0 Å². The maximum absolute atomic E-state index is 11.5. The SMILES string of the molecule is CCNC1CCC(C)(C)CC1CN1CCS(=O)(=O)CC1. The smallest absolute Gasteiger partial charge is 0.152 e. The predicted octanol–water partition coefficient (Wildman–Crippen LogP) is 1.52. The van der Waals surface area contributed by atoms with Crippen molar-refractivity contribution < 1.29 is 8.42 Å². The van der Waals surface area contributed by atoms with Gasteiger partial charge >= 0.3 is 0 Å². The second-order valence-corrected chi connectivity index (χ2v) is 9.59. The van der Waals surface area contributed by atoms with E-state index in [-0.39, 0.29) is 0 Å². The maximum atomic E-state index is 11.5. The average molecular weight is 302 g/mol. The fraction of sp³-hybridized carbons (Fsp3) is 1.00. The summed E-state index contributed by atoms with van der Waals surface area (Å²) < 4.78 is 23.0. The van der Waals surface area contributed by atoms with E-state index in [0.717, 1.165) is 26.2 Å². The Hall–Kier alpha value is -0.130. The van der Waals surface area contributed by atoms with Crippen LogP contribution < -0.4 is 5.32 Å². The van der Waals surface area contributed by atoms with Crippen molar-refractivity contribution in [2.75, 3.05) is 37.7 Å². The summed E-state index contributed by atoms with van der Waals surface area (Å²) in [6.45, 7) is 10.4. The van der Waals surface area contributed by atoms with Crippen LogP contribution in [0.2, 0.25) is 0 Å². The standard InChI is InChI=1S/C15H30N2O2S/c1-4-16-14-5-6-15(2,3)11-13(14)12-17-7-9-20(18,19)10-8-17/h13-14,16H,4-12H2,1-3H3. The molecule has 2 atom stereocenters. The van der Waals surface area contributed by atoms with Crippen molar-refractivity contribution in [3.8, 4) is 0 Å². The van der Waals surface area contributed by atoms with Crippen LogP contribution in [-0.2, 0) is 9.84 Å². The van der Waals surface area contributed by atoms with Crippen LogP contribution in [0.15, 0.2) is 0 Å². The van der Waals surface area contributed by atoms with Crippen molar-refractivity contribution >= 4 is 9.84 Å². The van der Waals surface area contributed by atoms with E-state index in [2.05, 4.69) is 31.0 Å². The van der Waals surface area contributed by atoms with Crippen molar-refractivity contribution in [2.45, 2.75) is 46.1 Å². The third-order valence-electron chi connectivity index (χ3n) is 4.91. The van der Waals surface area contributed by atoms with Gasteiger partial charge in [-0.2, -0.15) is 0 Å². The first-order valence-corrected chi connectivity index (χ1v) is 9.80. The number of sulfone groups is 1. The predicted molar refractivity (Wildman–Crippen MR) is 83.7 cm³/mol. The molecule has 0 aromatic rings. The largest absolute Gasteiger partial charge is 0.314 e. The summed E-state index contributed by atoms with van der Waals surface area (Å²) >= 11 is 0. The minimum atomic E-state index is -2.76. The quantitative estimate of drug-likeness (QED) is 0.855. The lowest BCUT2D eigenvalue weighted by Crippen LogP contribution is -2.50.